The minimum atomic E-state index is -3.47. The molecule has 0 bridgehead atoms. The Hall–Kier alpha value is -2.53. The van der Waals surface area contributed by atoms with Crippen molar-refractivity contribution in [1.82, 2.24) is 10.0 Å². The molecule has 1 saturated heterocycles. The van der Waals surface area contributed by atoms with Crippen LogP contribution in [-0.4, -0.2) is 57.0 Å². The van der Waals surface area contributed by atoms with E-state index in [0.717, 1.165) is 6.26 Å². The number of carboxylic acids is 1. The van der Waals surface area contributed by atoms with Gasteiger partial charge in [-0.15, -0.1) is 0 Å². The first kappa shape index (κ1) is 23.1. The lowest BCUT2D eigenvalue weighted by molar-refractivity contribution is -0.144. The molecule has 1 aliphatic rings. The number of rotatable bonds is 9. The number of aliphatic carboxylic acids is 1. The van der Waals surface area contributed by atoms with Crippen molar-refractivity contribution in [2.24, 2.45) is 5.73 Å². The van der Waals surface area contributed by atoms with Gasteiger partial charge in [-0.05, 0) is 30.2 Å². The Kier molecular flexibility index (Phi) is 6.95. The fourth-order valence-electron chi connectivity index (χ4n) is 3.86. The van der Waals surface area contributed by atoms with Gasteiger partial charge in [0.25, 0.3) is 0 Å². The number of nitrogens with one attached hydrogen (secondary N) is 2. The smallest absolute Gasteiger partial charge is 0.324 e. The molecule has 0 radical (unpaired) electrons. The highest BCUT2D eigenvalue weighted by Gasteiger charge is 2.46. The largest absolute Gasteiger partial charge is 0.492 e. The third-order valence-corrected chi connectivity index (χ3v) is 5.92. The van der Waals surface area contributed by atoms with E-state index >= 15 is 0 Å². The number of sulfonamides is 1. The molecule has 1 aliphatic heterocycles. The molecule has 0 aromatic heterocycles. The lowest BCUT2D eigenvalue weighted by atomic mass is 9.87. The van der Waals surface area contributed by atoms with E-state index in [1.54, 1.807) is 30.3 Å². The topological polar surface area (TPSA) is 131 Å². The molecule has 10 heteroatoms. The van der Waals surface area contributed by atoms with E-state index in [0.29, 0.717) is 23.4 Å². The Morgan fingerprint density at radius 3 is 2.74 bits per heavy atom. The van der Waals surface area contributed by atoms with E-state index in [-0.39, 0.29) is 31.6 Å². The zero-order chi connectivity index (χ0) is 22.6. The van der Waals surface area contributed by atoms with Gasteiger partial charge in [0.1, 0.15) is 23.7 Å². The summed E-state index contributed by atoms with van der Waals surface area (Å²) in [6, 6.07) is 10.9. The molecule has 8 nitrogen and oxygen atoms in total. The zero-order valence-electron chi connectivity index (χ0n) is 17.1. The highest BCUT2D eigenvalue weighted by molar-refractivity contribution is 7.88. The number of para-hydroxylation sites is 1. The van der Waals surface area contributed by atoms with E-state index in [9.17, 15) is 22.7 Å². The Labute approximate surface area is 180 Å². The van der Waals surface area contributed by atoms with Crippen LogP contribution in [0.4, 0.5) is 4.39 Å². The summed E-state index contributed by atoms with van der Waals surface area (Å²) in [4.78, 5) is 12.1. The SMILES string of the molecule is CS(=O)(=O)N[C@H]1CN[C@](Cc2ccc(F)c(-c3ccccc3OCCN)c2)(C(=O)O)C1. The first-order valence-electron chi connectivity index (χ1n) is 9.80. The van der Waals surface area contributed by atoms with Crippen LogP contribution in [0, 0.1) is 5.82 Å². The molecule has 1 fully saturated rings. The second-order valence-electron chi connectivity index (χ2n) is 7.68. The molecule has 0 aliphatic carbocycles. The number of halogens is 1. The third-order valence-electron chi connectivity index (χ3n) is 5.16. The highest BCUT2D eigenvalue weighted by Crippen LogP contribution is 2.34. The molecular weight excluding hydrogens is 425 g/mol. The third kappa shape index (κ3) is 5.59. The summed E-state index contributed by atoms with van der Waals surface area (Å²) in [5.74, 6) is -1.08. The molecule has 0 spiro atoms. The first-order chi connectivity index (χ1) is 14.6. The normalized spacial score (nSPS) is 21.2. The van der Waals surface area contributed by atoms with Crippen molar-refractivity contribution >= 4 is 16.0 Å². The van der Waals surface area contributed by atoms with Crippen molar-refractivity contribution in [3.63, 3.8) is 0 Å². The van der Waals surface area contributed by atoms with Gasteiger partial charge in [-0.2, -0.15) is 0 Å². The molecular formula is C21H26FN3O5S. The van der Waals surface area contributed by atoms with Crippen LogP contribution in [0.2, 0.25) is 0 Å². The summed E-state index contributed by atoms with van der Waals surface area (Å²) in [5, 5.41) is 12.8. The van der Waals surface area contributed by atoms with Crippen molar-refractivity contribution in [2.75, 3.05) is 26.0 Å². The molecule has 3 rings (SSSR count). The summed E-state index contributed by atoms with van der Waals surface area (Å²) in [6.45, 7) is 0.772. The number of benzene rings is 2. The van der Waals surface area contributed by atoms with Crippen LogP contribution in [-0.2, 0) is 21.2 Å². The summed E-state index contributed by atoms with van der Waals surface area (Å²) >= 11 is 0. The minimum Gasteiger partial charge on any atom is -0.492 e. The lowest BCUT2D eigenvalue weighted by Crippen LogP contribution is -2.49. The summed E-state index contributed by atoms with van der Waals surface area (Å²) in [5.41, 5.74) is 5.55. The van der Waals surface area contributed by atoms with Crippen molar-refractivity contribution in [2.45, 2.75) is 24.4 Å². The molecule has 0 saturated carbocycles. The molecule has 2 atom stereocenters. The van der Waals surface area contributed by atoms with Crippen LogP contribution >= 0.6 is 0 Å². The molecule has 2 aromatic carbocycles. The fraction of sp³-hybridized carbons (Fsp3) is 0.381. The van der Waals surface area contributed by atoms with E-state index < -0.39 is 33.4 Å². The zero-order valence-corrected chi connectivity index (χ0v) is 17.9. The van der Waals surface area contributed by atoms with Gasteiger partial charge in [-0.25, -0.2) is 17.5 Å². The minimum absolute atomic E-state index is 0.0589. The van der Waals surface area contributed by atoms with Crippen molar-refractivity contribution < 1.29 is 27.4 Å². The summed E-state index contributed by atoms with van der Waals surface area (Å²) in [7, 11) is -3.47. The average molecular weight is 452 g/mol. The van der Waals surface area contributed by atoms with Gasteiger partial charge in [0.2, 0.25) is 10.0 Å². The first-order valence-corrected chi connectivity index (χ1v) is 11.7. The number of hydrogen-bond acceptors (Lipinski definition) is 6. The fourth-order valence-corrected chi connectivity index (χ4v) is 4.64. The van der Waals surface area contributed by atoms with E-state index in [1.807, 2.05) is 0 Å². The van der Waals surface area contributed by atoms with E-state index in [1.165, 1.54) is 12.1 Å². The predicted octanol–water partition coefficient (Wildman–Crippen LogP) is 1.11. The maximum atomic E-state index is 14.7. The number of ether oxygens (including phenoxy) is 1. The Balaban J connectivity index is 1.90. The van der Waals surface area contributed by atoms with Crippen molar-refractivity contribution in [3.8, 4) is 16.9 Å². The Morgan fingerprint density at radius 1 is 1.32 bits per heavy atom. The summed E-state index contributed by atoms with van der Waals surface area (Å²) in [6.07, 6.45) is 1.16. The second-order valence-corrected chi connectivity index (χ2v) is 9.46. The standard InChI is InChI=1S/C21H26FN3O5S/c1-31(28,29)25-15-12-21(20(26)27,24-13-15)11-14-6-7-18(22)17(10-14)16-4-2-3-5-19(16)30-9-8-23/h2-7,10,15,24-25H,8-9,11-13,23H2,1H3,(H,26,27)/t15-,21+/m1/s1. The van der Waals surface area contributed by atoms with Crippen LogP contribution in [0.25, 0.3) is 11.1 Å². The van der Waals surface area contributed by atoms with Gasteiger partial charge >= 0.3 is 5.97 Å². The van der Waals surface area contributed by atoms with Crippen LogP contribution in [0.1, 0.15) is 12.0 Å². The number of nitrogens with two attached hydrogens (primary N) is 1. The van der Waals surface area contributed by atoms with Gasteiger partial charge < -0.3 is 15.6 Å². The number of hydrogen-bond donors (Lipinski definition) is 4. The Morgan fingerprint density at radius 2 is 2.06 bits per heavy atom. The maximum Gasteiger partial charge on any atom is 0.324 e. The number of carbonyl (C=O) groups is 1. The second kappa shape index (κ2) is 9.31. The quantitative estimate of drug-likeness (QED) is 0.449. The van der Waals surface area contributed by atoms with Gasteiger partial charge in [0.05, 0.1) is 6.26 Å². The molecule has 5 N–H and O–H groups in total. The highest BCUT2D eigenvalue weighted by atomic mass is 32.2. The van der Waals surface area contributed by atoms with E-state index in [4.69, 9.17) is 10.5 Å². The summed E-state index contributed by atoms with van der Waals surface area (Å²) < 4.78 is 45.8. The molecule has 1 heterocycles. The molecule has 2 aromatic rings. The van der Waals surface area contributed by atoms with Crippen LogP contribution < -0.4 is 20.5 Å². The van der Waals surface area contributed by atoms with Crippen molar-refractivity contribution in [3.05, 3.63) is 53.8 Å². The number of carboxylic acid groups (broad SMARTS) is 1. The Bertz CT molecular complexity index is 1060. The van der Waals surface area contributed by atoms with E-state index in [2.05, 4.69) is 10.0 Å². The van der Waals surface area contributed by atoms with Gasteiger partial charge in [-0.3, -0.25) is 10.1 Å². The molecule has 168 valence electrons. The van der Waals surface area contributed by atoms with Gasteiger partial charge in [-0.1, -0.05) is 24.3 Å². The molecule has 31 heavy (non-hydrogen) atoms. The lowest BCUT2D eigenvalue weighted by Gasteiger charge is -2.25. The predicted molar refractivity (Wildman–Crippen MR) is 115 cm³/mol. The molecule has 0 amide bonds. The van der Waals surface area contributed by atoms with Crippen LogP contribution in [0.3, 0.4) is 0 Å². The van der Waals surface area contributed by atoms with Crippen molar-refractivity contribution in [1.29, 1.82) is 0 Å². The van der Waals surface area contributed by atoms with Gasteiger partial charge in [0.15, 0.2) is 0 Å². The molecule has 0 unspecified atom stereocenters. The van der Waals surface area contributed by atoms with Crippen LogP contribution in [0.15, 0.2) is 42.5 Å². The average Bonchev–Trinajstić information content (AvgIpc) is 3.10. The maximum absolute atomic E-state index is 14.7. The van der Waals surface area contributed by atoms with Gasteiger partial charge in [0, 0.05) is 36.7 Å². The van der Waals surface area contributed by atoms with Crippen LogP contribution in [0.5, 0.6) is 5.75 Å². The monoisotopic (exact) mass is 451 g/mol.